The molecule has 5 heteroatoms. The Morgan fingerprint density at radius 2 is 2.27 bits per heavy atom. The molecule has 1 aliphatic rings. The molecule has 0 radical (unpaired) electrons. The quantitative estimate of drug-likeness (QED) is 0.677. The van der Waals surface area contributed by atoms with Gasteiger partial charge in [-0.05, 0) is 12.5 Å². The summed E-state index contributed by atoms with van der Waals surface area (Å²) in [6.07, 6.45) is 6.02. The first-order valence-electron chi connectivity index (χ1n) is 4.93. The van der Waals surface area contributed by atoms with Crippen LogP contribution in [0.1, 0.15) is 6.42 Å². The molecule has 5 nitrogen and oxygen atoms in total. The van der Waals surface area contributed by atoms with E-state index in [4.69, 9.17) is 0 Å². The summed E-state index contributed by atoms with van der Waals surface area (Å²) >= 11 is 0. The molecule has 2 aromatic rings. The Morgan fingerprint density at radius 3 is 3.00 bits per heavy atom. The summed E-state index contributed by atoms with van der Waals surface area (Å²) in [7, 11) is 0. The van der Waals surface area contributed by atoms with Crippen LogP contribution in [0.3, 0.4) is 0 Å². The SMILES string of the molecule is O=c1c(-c2ccncn2)cn2n1CCC2. The highest BCUT2D eigenvalue weighted by Gasteiger charge is 2.17. The molecular formula is C10H10N4O. The minimum atomic E-state index is 0.0474. The van der Waals surface area contributed by atoms with E-state index < -0.39 is 0 Å². The fraction of sp³-hybridized carbons (Fsp3) is 0.300. The predicted octanol–water partition coefficient (Wildman–Crippen LogP) is 0.510. The summed E-state index contributed by atoms with van der Waals surface area (Å²) in [6.45, 7) is 1.73. The molecule has 0 amide bonds. The molecule has 3 rings (SSSR count). The number of rotatable bonds is 1. The summed E-state index contributed by atoms with van der Waals surface area (Å²) in [6, 6.07) is 1.76. The molecule has 0 spiro atoms. The first-order valence-corrected chi connectivity index (χ1v) is 4.93. The maximum atomic E-state index is 11.9. The van der Waals surface area contributed by atoms with Gasteiger partial charge in [0.2, 0.25) is 0 Å². The Kier molecular flexibility index (Phi) is 1.71. The third-order valence-corrected chi connectivity index (χ3v) is 2.67. The van der Waals surface area contributed by atoms with Crippen molar-refractivity contribution in [2.75, 3.05) is 0 Å². The molecule has 0 aliphatic carbocycles. The fourth-order valence-electron chi connectivity index (χ4n) is 1.95. The van der Waals surface area contributed by atoms with Crippen LogP contribution in [0.2, 0.25) is 0 Å². The zero-order valence-corrected chi connectivity index (χ0v) is 8.13. The molecule has 1 aliphatic heterocycles. The number of hydrogen-bond acceptors (Lipinski definition) is 3. The number of aryl methyl sites for hydroxylation is 1. The number of aromatic nitrogens is 4. The van der Waals surface area contributed by atoms with Crippen LogP contribution in [0, 0.1) is 0 Å². The molecule has 76 valence electrons. The van der Waals surface area contributed by atoms with Crippen molar-refractivity contribution >= 4 is 0 Å². The van der Waals surface area contributed by atoms with Crippen molar-refractivity contribution in [2.45, 2.75) is 19.5 Å². The van der Waals surface area contributed by atoms with Crippen molar-refractivity contribution in [3.05, 3.63) is 35.1 Å². The summed E-state index contributed by atoms with van der Waals surface area (Å²) in [5.41, 5.74) is 1.41. The van der Waals surface area contributed by atoms with Gasteiger partial charge in [0.25, 0.3) is 5.56 Å². The van der Waals surface area contributed by atoms with E-state index in [2.05, 4.69) is 9.97 Å². The van der Waals surface area contributed by atoms with E-state index in [0.717, 1.165) is 19.5 Å². The molecule has 0 N–H and O–H groups in total. The molecule has 0 saturated heterocycles. The Balaban J connectivity index is 2.19. The van der Waals surface area contributed by atoms with Gasteiger partial charge in [-0.25, -0.2) is 9.97 Å². The van der Waals surface area contributed by atoms with Gasteiger partial charge in [-0.2, -0.15) is 0 Å². The van der Waals surface area contributed by atoms with Crippen LogP contribution in [-0.4, -0.2) is 19.3 Å². The lowest BCUT2D eigenvalue weighted by atomic mass is 10.2. The maximum absolute atomic E-state index is 11.9. The van der Waals surface area contributed by atoms with Crippen LogP contribution in [-0.2, 0) is 13.1 Å². The van der Waals surface area contributed by atoms with Gasteiger partial charge >= 0.3 is 0 Å². The second kappa shape index (κ2) is 3.05. The highest BCUT2D eigenvalue weighted by atomic mass is 16.1. The van der Waals surface area contributed by atoms with Crippen molar-refractivity contribution in [3.63, 3.8) is 0 Å². The van der Waals surface area contributed by atoms with Crippen LogP contribution in [0.15, 0.2) is 29.6 Å². The van der Waals surface area contributed by atoms with Gasteiger partial charge < -0.3 is 0 Å². The van der Waals surface area contributed by atoms with E-state index >= 15 is 0 Å². The van der Waals surface area contributed by atoms with E-state index in [-0.39, 0.29) is 5.56 Å². The lowest BCUT2D eigenvalue weighted by Crippen LogP contribution is -2.17. The van der Waals surface area contributed by atoms with Crippen LogP contribution in [0.5, 0.6) is 0 Å². The lowest BCUT2D eigenvalue weighted by molar-refractivity contribution is 0.594. The summed E-state index contributed by atoms with van der Waals surface area (Å²) in [5, 5.41) is 0. The first kappa shape index (κ1) is 8.40. The monoisotopic (exact) mass is 202 g/mol. The number of hydrogen-bond donors (Lipinski definition) is 0. The van der Waals surface area contributed by atoms with E-state index in [1.807, 2.05) is 10.9 Å². The number of nitrogens with zero attached hydrogens (tertiary/aromatic N) is 4. The van der Waals surface area contributed by atoms with E-state index in [9.17, 15) is 4.79 Å². The van der Waals surface area contributed by atoms with Gasteiger partial charge in [-0.15, -0.1) is 0 Å². The van der Waals surface area contributed by atoms with Crippen LogP contribution in [0.4, 0.5) is 0 Å². The molecule has 15 heavy (non-hydrogen) atoms. The first-order chi connectivity index (χ1) is 7.36. The summed E-state index contributed by atoms with van der Waals surface area (Å²) in [5.74, 6) is 0. The van der Waals surface area contributed by atoms with Crippen molar-refractivity contribution in [1.82, 2.24) is 19.3 Å². The minimum Gasteiger partial charge on any atom is -0.289 e. The lowest BCUT2D eigenvalue weighted by Gasteiger charge is -1.93. The van der Waals surface area contributed by atoms with Crippen LogP contribution >= 0.6 is 0 Å². The van der Waals surface area contributed by atoms with Crippen LogP contribution < -0.4 is 5.56 Å². The van der Waals surface area contributed by atoms with E-state index in [1.54, 1.807) is 16.9 Å². The van der Waals surface area contributed by atoms with Gasteiger partial charge in [0, 0.05) is 25.5 Å². The van der Waals surface area contributed by atoms with E-state index in [0.29, 0.717) is 11.3 Å². The average molecular weight is 202 g/mol. The van der Waals surface area contributed by atoms with Gasteiger partial charge in [0.1, 0.15) is 6.33 Å². The fourth-order valence-corrected chi connectivity index (χ4v) is 1.95. The highest BCUT2D eigenvalue weighted by molar-refractivity contribution is 5.56. The standard InChI is InChI=1S/C10H10N4O/c15-10-8(9-2-3-11-7-12-9)6-13-4-1-5-14(10)13/h2-3,6-7H,1,4-5H2. The molecule has 2 aromatic heterocycles. The van der Waals surface area contributed by atoms with Gasteiger partial charge in [0.15, 0.2) is 0 Å². The second-order valence-electron chi connectivity index (χ2n) is 3.58. The minimum absolute atomic E-state index is 0.0474. The van der Waals surface area contributed by atoms with Crippen molar-refractivity contribution in [3.8, 4) is 11.3 Å². The molecule has 0 unspecified atom stereocenters. The molecule has 0 atom stereocenters. The van der Waals surface area contributed by atoms with Crippen LogP contribution in [0.25, 0.3) is 11.3 Å². The average Bonchev–Trinajstić information content (AvgIpc) is 2.83. The van der Waals surface area contributed by atoms with Gasteiger partial charge in [0.05, 0.1) is 11.3 Å². The molecular weight excluding hydrogens is 192 g/mol. The topological polar surface area (TPSA) is 52.7 Å². The Hall–Kier alpha value is -1.91. The molecule has 3 heterocycles. The largest absolute Gasteiger partial charge is 0.289 e. The van der Waals surface area contributed by atoms with E-state index in [1.165, 1.54) is 6.33 Å². The van der Waals surface area contributed by atoms with Crippen molar-refractivity contribution < 1.29 is 0 Å². The van der Waals surface area contributed by atoms with Crippen molar-refractivity contribution in [1.29, 1.82) is 0 Å². The zero-order valence-electron chi connectivity index (χ0n) is 8.13. The predicted molar refractivity (Wildman–Crippen MR) is 54.3 cm³/mol. The summed E-state index contributed by atoms with van der Waals surface area (Å²) in [4.78, 5) is 19.9. The molecule has 0 fully saturated rings. The third-order valence-electron chi connectivity index (χ3n) is 2.67. The second-order valence-corrected chi connectivity index (χ2v) is 3.58. The molecule has 0 bridgehead atoms. The number of fused-ring (bicyclic) bond motifs is 1. The Labute approximate surface area is 86.0 Å². The summed E-state index contributed by atoms with van der Waals surface area (Å²) < 4.78 is 3.72. The van der Waals surface area contributed by atoms with Gasteiger partial charge in [-0.3, -0.25) is 14.2 Å². The molecule has 0 saturated carbocycles. The Bertz CT molecular complexity index is 540. The van der Waals surface area contributed by atoms with Gasteiger partial charge in [-0.1, -0.05) is 0 Å². The van der Waals surface area contributed by atoms with Crippen molar-refractivity contribution in [2.24, 2.45) is 0 Å². The molecule has 0 aromatic carbocycles. The maximum Gasteiger partial charge on any atom is 0.276 e. The zero-order chi connectivity index (χ0) is 10.3. The highest BCUT2D eigenvalue weighted by Crippen LogP contribution is 2.14. The smallest absolute Gasteiger partial charge is 0.276 e. The Morgan fingerprint density at radius 1 is 1.33 bits per heavy atom. The normalized spacial score (nSPS) is 14.1. The third kappa shape index (κ3) is 1.20.